The van der Waals surface area contributed by atoms with Gasteiger partial charge >= 0.3 is 0 Å². The van der Waals surface area contributed by atoms with E-state index in [2.05, 4.69) is 23.9 Å². The molecule has 0 aliphatic rings. The molecule has 0 aromatic carbocycles. The third kappa shape index (κ3) is 5.71. The van der Waals surface area contributed by atoms with Crippen molar-refractivity contribution in [3.63, 3.8) is 0 Å². The highest BCUT2D eigenvalue weighted by Crippen LogP contribution is 2.19. The minimum atomic E-state index is -3.57. The zero-order chi connectivity index (χ0) is 14.5. The minimum absolute atomic E-state index is 0.225. The van der Waals surface area contributed by atoms with E-state index in [0.29, 0.717) is 12.5 Å². The molecule has 1 aromatic rings. The van der Waals surface area contributed by atoms with Crippen LogP contribution < -0.4 is 10.0 Å². The molecule has 0 saturated heterocycles. The van der Waals surface area contributed by atoms with Crippen LogP contribution in [-0.4, -0.2) is 27.4 Å². The summed E-state index contributed by atoms with van der Waals surface area (Å²) in [6, 6.07) is 3.28. The Kier molecular flexibility index (Phi) is 5.96. The van der Waals surface area contributed by atoms with Crippen LogP contribution in [0.15, 0.2) is 16.3 Å². The average molecular weight is 304 g/mol. The molecule has 7 heteroatoms. The molecule has 1 aromatic heterocycles. The highest BCUT2D eigenvalue weighted by atomic mass is 32.2. The van der Waals surface area contributed by atoms with Gasteiger partial charge in [0.25, 0.3) is 10.0 Å². The normalized spacial score (nSPS) is 11.8. The molecule has 0 aliphatic carbocycles. The van der Waals surface area contributed by atoms with E-state index < -0.39 is 10.0 Å². The second-order valence-corrected chi connectivity index (χ2v) is 8.00. The molecule has 1 rings (SSSR count). The second kappa shape index (κ2) is 7.02. The monoisotopic (exact) mass is 304 g/mol. The predicted octanol–water partition coefficient (Wildman–Crippen LogP) is 1.50. The number of aryl methyl sites for hydroxylation is 1. The Hall–Kier alpha value is -0.920. The zero-order valence-electron chi connectivity index (χ0n) is 11.4. The van der Waals surface area contributed by atoms with E-state index in [1.165, 1.54) is 11.3 Å². The van der Waals surface area contributed by atoms with Crippen LogP contribution in [0, 0.1) is 12.8 Å². The molecule has 1 heterocycles. The number of rotatable bonds is 7. The van der Waals surface area contributed by atoms with E-state index in [4.69, 9.17) is 0 Å². The van der Waals surface area contributed by atoms with Crippen LogP contribution in [-0.2, 0) is 14.8 Å². The standard InChI is InChI=1S/C12H20N2O3S2/c1-9(2)6-7-13-11(15)8-14-19(16,17)12-5-4-10(3)18-12/h4-5,9,14H,6-8H2,1-3H3,(H,13,15). The van der Waals surface area contributed by atoms with E-state index in [9.17, 15) is 13.2 Å². The molecule has 2 N–H and O–H groups in total. The summed E-state index contributed by atoms with van der Waals surface area (Å²) >= 11 is 1.19. The summed E-state index contributed by atoms with van der Waals surface area (Å²) in [5, 5.41) is 2.68. The van der Waals surface area contributed by atoms with Crippen molar-refractivity contribution in [2.45, 2.75) is 31.4 Å². The number of sulfonamides is 1. The molecule has 0 aliphatic heterocycles. The Labute approximate surface area is 118 Å². The van der Waals surface area contributed by atoms with Crippen LogP contribution in [0.1, 0.15) is 25.1 Å². The van der Waals surface area contributed by atoms with Gasteiger partial charge in [-0.3, -0.25) is 4.79 Å². The van der Waals surface area contributed by atoms with Gasteiger partial charge in [0.15, 0.2) is 0 Å². The molecule has 5 nitrogen and oxygen atoms in total. The van der Waals surface area contributed by atoms with Crippen LogP contribution in [0.2, 0.25) is 0 Å². The average Bonchev–Trinajstić information content (AvgIpc) is 2.74. The van der Waals surface area contributed by atoms with Gasteiger partial charge in [-0.25, -0.2) is 13.1 Å². The lowest BCUT2D eigenvalue weighted by Gasteiger charge is -2.08. The summed E-state index contributed by atoms with van der Waals surface area (Å²) in [5.74, 6) is 0.198. The third-order valence-electron chi connectivity index (χ3n) is 2.45. The fraction of sp³-hybridized carbons (Fsp3) is 0.583. The van der Waals surface area contributed by atoms with Gasteiger partial charge in [0, 0.05) is 11.4 Å². The topological polar surface area (TPSA) is 75.3 Å². The van der Waals surface area contributed by atoms with Crippen LogP contribution in [0.5, 0.6) is 0 Å². The lowest BCUT2D eigenvalue weighted by molar-refractivity contribution is -0.119. The molecule has 0 bridgehead atoms. The first-order chi connectivity index (χ1) is 8.81. The molecule has 1 amide bonds. The lowest BCUT2D eigenvalue weighted by atomic mass is 10.1. The summed E-state index contributed by atoms with van der Waals surface area (Å²) in [6.45, 7) is 6.30. The number of amides is 1. The van der Waals surface area contributed by atoms with Gasteiger partial charge < -0.3 is 5.32 Å². The van der Waals surface area contributed by atoms with Gasteiger partial charge in [0.1, 0.15) is 4.21 Å². The van der Waals surface area contributed by atoms with E-state index >= 15 is 0 Å². The SMILES string of the molecule is Cc1ccc(S(=O)(=O)NCC(=O)NCCC(C)C)s1. The Morgan fingerprint density at radius 1 is 1.37 bits per heavy atom. The van der Waals surface area contributed by atoms with Crippen LogP contribution in [0.3, 0.4) is 0 Å². The summed E-state index contributed by atoms with van der Waals surface area (Å²) < 4.78 is 26.2. The van der Waals surface area contributed by atoms with Crippen molar-refractivity contribution < 1.29 is 13.2 Å². The molecule has 0 saturated carbocycles. The number of carbonyl (C=O) groups excluding carboxylic acids is 1. The van der Waals surface area contributed by atoms with Crippen molar-refractivity contribution in [1.29, 1.82) is 0 Å². The van der Waals surface area contributed by atoms with Crippen molar-refractivity contribution in [3.05, 3.63) is 17.0 Å². The molecule has 108 valence electrons. The third-order valence-corrected chi connectivity index (χ3v) is 5.34. The summed E-state index contributed by atoms with van der Waals surface area (Å²) in [6.07, 6.45) is 0.878. The van der Waals surface area contributed by atoms with Crippen molar-refractivity contribution in [3.8, 4) is 0 Å². The lowest BCUT2D eigenvalue weighted by Crippen LogP contribution is -2.37. The van der Waals surface area contributed by atoms with Crippen LogP contribution in [0.25, 0.3) is 0 Å². The number of hydrogen-bond donors (Lipinski definition) is 2. The fourth-order valence-electron chi connectivity index (χ4n) is 1.35. The van der Waals surface area contributed by atoms with E-state index in [0.717, 1.165) is 11.3 Å². The molecule has 0 unspecified atom stereocenters. The summed E-state index contributed by atoms with van der Waals surface area (Å²) in [5.41, 5.74) is 0. The van der Waals surface area contributed by atoms with Crippen molar-refractivity contribution >= 4 is 27.3 Å². The molecular formula is C12H20N2O3S2. The largest absolute Gasteiger partial charge is 0.355 e. The maximum atomic E-state index is 11.9. The zero-order valence-corrected chi connectivity index (χ0v) is 13.0. The maximum absolute atomic E-state index is 11.9. The van der Waals surface area contributed by atoms with Gasteiger partial charge in [0.2, 0.25) is 5.91 Å². The molecule has 0 atom stereocenters. The Morgan fingerprint density at radius 3 is 2.58 bits per heavy atom. The fourth-order valence-corrected chi connectivity index (χ4v) is 3.66. The number of carbonyl (C=O) groups is 1. The Balaban J connectivity index is 2.41. The number of hydrogen-bond acceptors (Lipinski definition) is 4. The van der Waals surface area contributed by atoms with Gasteiger partial charge in [-0.05, 0) is 31.4 Å². The van der Waals surface area contributed by atoms with Gasteiger partial charge in [-0.1, -0.05) is 13.8 Å². The highest BCUT2D eigenvalue weighted by Gasteiger charge is 2.17. The second-order valence-electron chi connectivity index (χ2n) is 4.72. The number of nitrogens with one attached hydrogen (secondary N) is 2. The van der Waals surface area contributed by atoms with Crippen molar-refractivity contribution in [1.82, 2.24) is 10.0 Å². The summed E-state index contributed by atoms with van der Waals surface area (Å²) in [7, 11) is -3.57. The summed E-state index contributed by atoms with van der Waals surface area (Å²) in [4.78, 5) is 12.4. The van der Waals surface area contributed by atoms with Crippen LogP contribution >= 0.6 is 11.3 Å². The van der Waals surface area contributed by atoms with Gasteiger partial charge in [-0.2, -0.15) is 0 Å². The van der Waals surface area contributed by atoms with E-state index in [1.54, 1.807) is 12.1 Å². The molecule has 0 radical (unpaired) electrons. The minimum Gasteiger partial charge on any atom is -0.355 e. The van der Waals surface area contributed by atoms with E-state index in [1.807, 2.05) is 6.92 Å². The van der Waals surface area contributed by atoms with Gasteiger partial charge in [-0.15, -0.1) is 11.3 Å². The molecule has 0 fully saturated rings. The van der Waals surface area contributed by atoms with Crippen molar-refractivity contribution in [2.24, 2.45) is 5.92 Å². The quantitative estimate of drug-likeness (QED) is 0.801. The first kappa shape index (κ1) is 16.1. The van der Waals surface area contributed by atoms with Gasteiger partial charge in [0.05, 0.1) is 6.54 Å². The predicted molar refractivity (Wildman–Crippen MR) is 76.7 cm³/mol. The Bertz CT molecular complexity index is 521. The first-order valence-electron chi connectivity index (χ1n) is 6.14. The highest BCUT2D eigenvalue weighted by molar-refractivity contribution is 7.91. The molecule has 0 spiro atoms. The van der Waals surface area contributed by atoms with Crippen molar-refractivity contribution in [2.75, 3.05) is 13.1 Å². The first-order valence-corrected chi connectivity index (χ1v) is 8.44. The maximum Gasteiger partial charge on any atom is 0.250 e. The van der Waals surface area contributed by atoms with Crippen LogP contribution in [0.4, 0.5) is 0 Å². The smallest absolute Gasteiger partial charge is 0.250 e. The number of thiophene rings is 1. The molecule has 19 heavy (non-hydrogen) atoms. The van der Waals surface area contributed by atoms with E-state index in [-0.39, 0.29) is 16.7 Å². The molecular weight excluding hydrogens is 284 g/mol. The Morgan fingerprint density at radius 2 is 2.05 bits per heavy atom.